The largest absolute Gasteiger partial charge is 0.432 e. The summed E-state index contributed by atoms with van der Waals surface area (Å²) in [4.78, 5) is 28.6. The van der Waals surface area contributed by atoms with Crippen molar-refractivity contribution < 1.29 is 9.21 Å². The summed E-state index contributed by atoms with van der Waals surface area (Å²) in [5.41, 5.74) is 3.42. The number of carbonyl (C=O) groups is 1. The number of H-pyrrole nitrogens is 1. The molecule has 0 bridgehead atoms. The summed E-state index contributed by atoms with van der Waals surface area (Å²) < 4.78 is 5.18. The topological polar surface area (TPSA) is 125 Å². The summed E-state index contributed by atoms with van der Waals surface area (Å²) in [6.45, 7) is 0.732. The number of aromatic amines is 1. The van der Waals surface area contributed by atoms with E-state index in [1.165, 1.54) is 43.8 Å². The van der Waals surface area contributed by atoms with E-state index in [1.54, 1.807) is 0 Å². The number of amides is 1. The number of aryl methyl sites for hydroxylation is 1. The quantitative estimate of drug-likeness (QED) is 0.521. The number of carbonyl (C=O) groups excluding carboxylic acids is 1. The van der Waals surface area contributed by atoms with Crippen LogP contribution >= 0.6 is 0 Å². The standard InChI is InChI=1S/C23H28N8O2/c32-21(28-23-24-10-12-33-23)18-9-4-11-31(18)22-25-16-8-3-7-15(16)20(27-22)26-19-13-17(29-30-19)14-5-1-2-6-14/h10,12-14,18H,1-9,11H2,(H,24,28,32)(H2,25,26,27,29,30). The monoisotopic (exact) mass is 448 g/mol. The molecule has 0 spiro atoms. The van der Waals surface area contributed by atoms with Crippen LogP contribution in [0.3, 0.4) is 0 Å². The summed E-state index contributed by atoms with van der Waals surface area (Å²) in [6, 6.07) is 1.96. The Balaban J connectivity index is 1.25. The predicted molar refractivity (Wildman–Crippen MR) is 123 cm³/mol. The second-order valence-electron chi connectivity index (χ2n) is 9.14. The Morgan fingerprint density at radius 1 is 1.12 bits per heavy atom. The molecule has 6 rings (SSSR count). The minimum absolute atomic E-state index is 0.151. The Hall–Kier alpha value is -3.43. The Labute approximate surface area is 191 Å². The molecule has 1 atom stereocenters. The van der Waals surface area contributed by atoms with E-state index in [2.05, 4.69) is 31.9 Å². The van der Waals surface area contributed by atoms with Crippen molar-refractivity contribution in [3.05, 3.63) is 35.5 Å². The number of aromatic nitrogens is 5. The van der Waals surface area contributed by atoms with Crippen LogP contribution in [0.4, 0.5) is 23.6 Å². The van der Waals surface area contributed by atoms with E-state index in [-0.39, 0.29) is 18.0 Å². The van der Waals surface area contributed by atoms with Crippen molar-refractivity contribution >= 4 is 29.5 Å². The third kappa shape index (κ3) is 3.94. The van der Waals surface area contributed by atoms with E-state index < -0.39 is 0 Å². The summed E-state index contributed by atoms with van der Waals surface area (Å²) in [5.74, 6) is 2.61. The van der Waals surface area contributed by atoms with Crippen LogP contribution in [0.15, 0.2) is 22.9 Å². The molecule has 1 unspecified atom stereocenters. The molecule has 3 aliphatic rings. The Kier molecular flexibility index (Phi) is 5.20. The van der Waals surface area contributed by atoms with Crippen LogP contribution in [0.5, 0.6) is 0 Å². The van der Waals surface area contributed by atoms with Crippen LogP contribution < -0.4 is 15.5 Å². The molecule has 1 saturated carbocycles. The van der Waals surface area contributed by atoms with E-state index >= 15 is 0 Å². The Morgan fingerprint density at radius 3 is 2.88 bits per heavy atom. The van der Waals surface area contributed by atoms with E-state index in [0.717, 1.165) is 61.5 Å². The van der Waals surface area contributed by atoms with Gasteiger partial charge in [0.15, 0.2) is 5.82 Å². The maximum absolute atomic E-state index is 12.9. The first kappa shape index (κ1) is 20.2. The lowest BCUT2D eigenvalue weighted by atomic mass is 10.0. The Bertz CT molecular complexity index is 1140. The highest BCUT2D eigenvalue weighted by Gasteiger charge is 2.34. The lowest BCUT2D eigenvalue weighted by molar-refractivity contribution is -0.117. The van der Waals surface area contributed by atoms with Gasteiger partial charge in [0.05, 0.1) is 11.9 Å². The molecule has 2 aliphatic carbocycles. The molecule has 3 N–H and O–H groups in total. The van der Waals surface area contributed by atoms with E-state index in [0.29, 0.717) is 11.9 Å². The minimum atomic E-state index is -0.358. The number of hydrogen-bond acceptors (Lipinski definition) is 8. The first-order valence-corrected chi connectivity index (χ1v) is 11.9. The van der Waals surface area contributed by atoms with Gasteiger partial charge in [0.2, 0.25) is 5.95 Å². The molecule has 3 aromatic rings. The molecule has 0 aromatic carbocycles. The SMILES string of the molecule is O=C(Nc1ncco1)C1CCCN1c1nc2c(c(Nc3cc(C4CCCC4)[nH]n3)n1)CCC2. The van der Waals surface area contributed by atoms with Gasteiger partial charge in [-0.05, 0) is 44.9 Å². The Morgan fingerprint density at radius 2 is 2.03 bits per heavy atom. The second-order valence-corrected chi connectivity index (χ2v) is 9.14. The molecule has 10 heteroatoms. The smallest absolute Gasteiger partial charge is 0.301 e. The van der Waals surface area contributed by atoms with E-state index in [9.17, 15) is 4.79 Å². The molecular formula is C23H28N8O2. The first-order chi connectivity index (χ1) is 16.2. The number of nitrogens with zero attached hydrogens (tertiary/aromatic N) is 5. The fraction of sp³-hybridized carbons (Fsp3) is 0.522. The van der Waals surface area contributed by atoms with Crippen LogP contribution in [0.2, 0.25) is 0 Å². The van der Waals surface area contributed by atoms with Gasteiger partial charge in [-0.15, -0.1) is 0 Å². The molecule has 10 nitrogen and oxygen atoms in total. The molecule has 1 saturated heterocycles. The zero-order valence-electron chi connectivity index (χ0n) is 18.5. The number of anilines is 4. The van der Waals surface area contributed by atoms with Gasteiger partial charge in [0.25, 0.3) is 5.91 Å². The summed E-state index contributed by atoms with van der Waals surface area (Å²) in [6.07, 6.45) is 12.5. The van der Waals surface area contributed by atoms with E-state index in [4.69, 9.17) is 14.4 Å². The normalized spacial score (nSPS) is 20.4. The molecule has 1 amide bonds. The van der Waals surface area contributed by atoms with Crippen LogP contribution in [0.1, 0.15) is 67.8 Å². The van der Waals surface area contributed by atoms with Gasteiger partial charge < -0.3 is 14.6 Å². The van der Waals surface area contributed by atoms with Crippen molar-refractivity contribution in [3.8, 4) is 0 Å². The number of fused-ring (bicyclic) bond motifs is 1. The first-order valence-electron chi connectivity index (χ1n) is 11.9. The van der Waals surface area contributed by atoms with Crippen molar-refractivity contribution in [1.29, 1.82) is 0 Å². The molecule has 172 valence electrons. The van der Waals surface area contributed by atoms with Crippen molar-refractivity contribution in [1.82, 2.24) is 25.1 Å². The number of oxazole rings is 1. The van der Waals surface area contributed by atoms with Crippen molar-refractivity contribution in [2.45, 2.75) is 69.7 Å². The molecule has 2 fully saturated rings. The third-order valence-corrected chi connectivity index (χ3v) is 7.04. The highest BCUT2D eigenvalue weighted by Crippen LogP contribution is 2.35. The number of rotatable bonds is 6. The van der Waals surface area contributed by atoms with Crippen molar-refractivity contribution in [2.75, 3.05) is 22.1 Å². The molecule has 1 aliphatic heterocycles. The van der Waals surface area contributed by atoms with Gasteiger partial charge >= 0.3 is 6.01 Å². The van der Waals surface area contributed by atoms with Crippen LogP contribution in [-0.4, -0.2) is 43.6 Å². The molecule has 3 aromatic heterocycles. The zero-order chi connectivity index (χ0) is 22.2. The maximum atomic E-state index is 12.9. The highest BCUT2D eigenvalue weighted by molar-refractivity contribution is 5.95. The highest BCUT2D eigenvalue weighted by atomic mass is 16.4. The summed E-state index contributed by atoms with van der Waals surface area (Å²) in [5, 5.41) is 13.9. The third-order valence-electron chi connectivity index (χ3n) is 7.04. The minimum Gasteiger partial charge on any atom is -0.432 e. The predicted octanol–water partition coefficient (Wildman–Crippen LogP) is 3.69. The van der Waals surface area contributed by atoms with Crippen molar-refractivity contribution in [2.24, 2.45) is 0 Å². The summed E-state index contributed by atoms with van der Waals surface area (Å²) >= 11 is 0. The number of hydrogen-bond donors (Lipinski definition) is 3. The zero-order valence-corrected chi connectivity index (χ0v) is 18.5. The van der Waals surface area contributed by atoms with Gasteiger partial charge in [0, 0.05) is 29.8 Å². The maximum Gasteiger partial charge on any atom is 0.301 e. The van der Waals surface area contributed by atoms with Gasteiger partial charge in [-0.3, -0.25) is 15.2 Å². The van der Waals surface area contributed by atoms with Gasteiger partial charge in [0.1, 0.15) is 18.1 Å². The second kappa shape index (κ2) is 8.49. The lowest BCUT2D eigenvalue weighted by Crippen LogP contribution is -2.40. The molecule has 0 radical (unpaired) electrons. The number of nitrogens with one attached hydrogen (secondary N) is 3. The van der Waals surface area contributed by atoms with Crippen molar-refractivity contribution in [3.63, 3.8) is 0 Å². The van der Waals surface area contributed by atoms with Crippen LogP contribution in [-0.2, 0) is 17.6 Å². The average Bonchev–Trinajstić information content (AvgIpc) is 3.64. The molecule has 4 heterocycles. The van der Waals surface area contributed by atoms with Crippen LogP contribution in [0, 0.1) is 0 Å². The van der Waals surface area contributed by atoms with Gasteiger partial charge in [-0.2, -0.15) is 10.1 Å². The van der Waals surface area contributed by atoms with Gasteiger partial charge in [-0.25, -0.2) is 9.97 Å². The van der Waals surface area contributed by atoms with E-state index in [1.807, 2.05) is 4.90 Å². The average molecular weight is 449 g/mol. The summed E-state index contributed by atoms with van der Waals surface area (Å²) in [7, 11) is 0. The van der Waals surface area contributed by atoms with Crippen LogP contribution in [0.25, 0.3) is 0 Å². The molecule has 33 heavy (non-hydrogen) atoms. The fourth-order valence-electron chi connectivity index (χ4n) is 5.37. The van der Waals surface area contributed by atoms with Gasteiger partial charge in [-0.1, -0.05) is 12.8 Å². The lowest BCUT2D eigenvalue weighted by Gasteiger charge is -2.24. The molecular weight excluding hydrogens is 420 g/mol. The fourth-order valence-corrected chi connectivity index (χ4v) is 5.37.